The maximum Gasteiger partial charge on any atom is 0.356 e. The topological polar surface area (TPSA) is 47.0 Å². The van der Waals surface area contributed by atoms with E-state index in [9.17, 15) is 4.79 Å². The van der Waals surface area contributed by atoms with Crippen molar-refractivity contribution in [1.82, 2.24) is 9.55 Å². The predicted molar refractivity (Wildman–Crippen MR) is 75.8 cm³/mol. The lowest BCUT2D eigenvalue weighted by molar-refractivity contribution is 0.0512. The molecule has 2 aromatic rings. The van der Waals surface area contributed by atoms with Crippen LogP contribution in [0.4, 0.5) is 0 Å². The van der Waals surface area contributed by atoms with Gasteiger partial charge in [0.05, 0.1) is 12.6 Å². The molecule has 0 fully saturated rings. The van der Waals surface area contributed by atoms with Crippen LogP contribution in [0, 0.1) is 4.77 Å². The maximum absolute atomic E-state index is 11.9. The van der Waals surface area contributed by atoms with E-state index in [1.54, 1.807) is 17.7 Å². The summed E-state index contributed by atoms with van der Waals surface area (Å²) >= 11 is 5.25. The average Bonchev–Trinajstić information content (AvgIpc) is 2.81. The summed E-state index contributed by atoms with van der Waals surface area (Å²) in [5.41, 5.74) is 1.53. The number of aromatic nitrogens is 2. The summed E-state index contributed by atoms with van der Waals surface area (Å²) in [6.45, 7) is 4.13. The van der Waals surface area contributed by atoms with Crippen molar-refractivity contribution in [2.75, 3.05) is 6.61 Å². The molecule has 2 rings (SSSR count). The lowest BCUT2D eigenvalue weighted by Crippen LogP contribution is -2.16. The van der Waals surface area contributed by atoms with Crippen LogP contribution in [-0.4, -0.2) is 22.1 Å². The molecule has 1 aromatic carbocycles. The summed E-state index contributed by atoms with van der Waals surface area (Å²) in [5, 5.41) is 0. The quantitative estimate of drug-likeness (QED) is 0.688. The molecule has 0 aliphatic rings. The molecule has 0 unspecified atom stereocenters. The third kappa shape index (κ3) is 2.76. The molecular formula is C14H16N2O2S. The van der Waals surface area contributed by atoms with Crippen molar-refractivity contribution in [2.24, 2.45) is 0 Å². The van der Waals surface area contributed by atoms with Crippen LogP contribution in [0.5, 0.6) is 0 Å². The number of rotatable bonds is 4. The van der Waals surface area contributed by atoms with Crippen molar-refractivity contribution in [1.29, 1.82) is 0 Å². The van der Waals surface area contributed by atoms with Crippen LogP contribution < -0.4 is 0 Å². The minimum Gasteiger partial charge on any atom is -0.461 e. The Balaban J connectivity index is 2.42. The fraction of sp³-hybridized carbons (Fsp3) is 0.286. The third-order valence-corrected chi connectivity index (χ3v) is 3.28. The van der Waals surface area contributed by atoms with E-state index in [-0.39, 0.29) is 12.0 Å². The lowest BCUT2D eigenvalue weighted by atomic mass is 10.1. The van der Waals surface area contributed by atoms with Gasteiger partial charge in [0.15, 0.2) is 4.77 Å². The van der Waals surface area contributed by atoms with Gasteiger partial charge in [-0.3, -0.25) is 0 Å². The highest BCUT2D eigenvalue weighted by molar-refractivity contribution is 7.71. The zero-order chi connectivity index (χ0) is 13.8. The number of nitrogens with one attached hydrogen (secondary N) is 1. The second-order valence-electron chi connectivity index (χ2n) is 4.16. The second-order valence-corrected chi connectivity index (χ2v) is 4.54. The van der Waals surface area contributed by atoms with E-state index >= 15 is 0 Å². The fourth-order valence-electron chi connectivity index (χ4n) is 2.01. The number of hydrogen-bond donors (Lipinski definition) is 1. The molecule has 0 aliphatic heterocycles. The summed E-state index contributed by atoms with van der Waals surface area (Å²) in [4.78, 5) is 14.8. The molecule has 0 amide bonds. The average molecular weight is 276 g/mol. The zero-order valence-electron chi connectivity index (χ0n) is 10.9. The van der Waals surface area contributed by atoms with E-state index in [2.05, 4.69) is 4.98 Å². The van der Waals surface area contributed by atoms with Crippen LogP contribution in [0.2, 0.25) is 0 Å². The van der Waals surface area contributed by atoms with Crippen molar-refractivity contribution >= 4 is 18.2 Å². The number of imidazole rings is 1. The first-order valence-electron chi connectivity index (χ1n) is 6.17. The molecule has 100 valence electrons. The van der Waals surface area contributed by atoms with Gasteiger partial charge in [-0.25, -0.2) is 4.79 Å². The number of hydrogen-bond acceptors (Lipinski definition) is 3. The minimum absolute atomic E-state index is 0.0284. The van der Waals surface area contributed by atoms with Gasteiger partial charge in [0.25, 0.3) is 0 Å². The van der Waals surface area contributed by atoms with Crippen LogP contribution in [0.1, 0.15) is 35.9 Å². The summed E-state index contributed by atoms with van der Waals surface area (Å²) in [7, 11) is 0. The molecule has 1 aromatic heterocycles. The first-order chi connectivity index (χ1) is 9.15. The highest BCUT2D eigenvalue weighted by atomic mass is 32.1. The molecular weight excluding hydrogens is 260 g/mol. The van der Waals surface area contributed by atoms with Crippen LogP contribution in [-0.2, 0) is 4.74 Å². The van der Waals surface area contributed by atoms with Crippen molar-refractivity contribution in [3.63, 3.8) is 0 Å². The molecule has 0 bridgehead atoms. The number of carbonyl (C=O) groups is 1. The van der Waals surface area contributed by atoms with E-state index < -0.39 is 0 Å². The first-order valence-corrected chi connectivity index (χ1v) is 6.58. The van der Waals surface area contributed by atoms with E-state index in [1.807, 2.05) is 37.3 Å². The summed E-state index contributed by atoms with van der Waals surface area (Å²) in [6, 6.07) is 9.87. The number of benzene rings is 1. The van der Waals surface area contributed by atoms with Gasteiger partial charge in [0, 0.05) is 6.20 Å². The third-order valence-electron chi connectivity index (χ3n) is 2.96. The number of H-pyrrole nitrogens is 1. The van der Waals surface area contributed by atoms with E-state index in [0.29, 0.717) is 17.1 Å². The molecule has 0 radical (unpaired) electrons. The Morgan fingerprint density at radius 2 is 2.11 bits per heavy atom. The van der Waals surface area contributed by atoms with Gasteiger partial charge in [0.2, 0.25) is 0 Å². The number of esters is 1. The number of nitrogens with zero attached hydrogens (tertiary/aromatic N) is 1. The molecule has 0 saturated carbocycles. The van der Waals surface area contributed by atoms with E-state index in [0.717, 1.165) is 5.56 Å². The molecule has 19 heavy (non-hydrogen) atoms. The van der Waals surface area contributed by atoms with Crippen LogP contribution in [0.25, 0.3) is 0 Å². The summed E-state index contributed by atoms with van der Waals surface area (Å²) in [6.07, 6.45) is 1.60. The number of ether oxygens (including phenoxy) is 1. The SMILES string of the molecule is CCOC(=O)c1c[nH]c(=S)n1[C@H](C)c1ccccc1. The molecule has 0 saturated heterocycles. The highest BCUT2D eigenvalue weighted by Gasteiger charge is 2.18. The fourth-order valence-corrected chi connectivity index (χ4v) is 2.32. The predicted octanol–water partition coefficient (Wildman–Crippen LogP) is 3.33. The van der Waals surface area contributed by atoms with Crippen molar-refractivity contribution in [3.8, 4) is 0 Å². The van der Waals surface area contributed by atoms with E-state index in [4.69, 9.17) is 17.0 Å². The number of carbonyl (C=O) groups excluding carboxylic acids is 1. The Morgan fingerprint density at radius 3 is 2.74 bits per heavy atom. The highest BCUT2D eigenvalue weighted by Crippen LogP contribution is 2.20. The molecule has 1 N–H and O–H groups in total. The Kier molecular flexibility index (Phi) is 4.16. The van der Waals surface area contributed by atoms with Crippen LogP contribution >= 0.6 is 12.2 Å². The van der Waals surface area contributed by atoms with Crippen LogP contribution in [0.3, 0.4) is 0 Å². The monoisotopic (exact) mass is 276 g/mol. The van der Waals surface area contributed by atoms with Crippen LogP contribution in [0.15, 0.2) is 36.5 Å². The van der Waals surface area contributed by atoms with Gasteiger partial charge in [-0.1, -0.05) is 30.3 Å². The van der Waals surface area contributed by atoms with Gasteiger partial charge >= 0.3 is 5.97 Å². The molecule has 1 heterocycles. The Labute approximate surface area is 117 Å². The van der Waals surface area contributed by atoms with Crippen molar-refractivity contribution in [2.45, 2.75) is 19.9 Å². The lowest BCUT2D eigenvalue weighted by Gasteiger charge is -2.16. The Hall–Kier alpha value is -1.88. The van der Waals surface area contributed by atoms with Crippen molar-refractivity contribution < 1.29 is 9.53 Å². The Morgan fingerprint density at radius 1 is 1.42 bits per heavy atom. The van der Waals surface area contributed by atoms with Gasteiger partial charge in [-0.2, -0.15) is 0 Å². The Bertz CT molecular complexity index is 616. The molecule has 0 spiro atoms. The second kappa shape index (κ2) is 5.84. The summed E-state index contributed by atoms with van der Waals surface area (Å²) < 4.78 is 7.34. The van der Waals surface area contributed by atoms with Gasteiger partial charge in [-0.15, -0.1) is 0 Å². The molecule has 1 atom stereocenters. The van der Waals surface area contributed by atoms with Gasteiger partial charge in [0.1, 0.15) is 5.69 Å². The largest absolute Gasteiger partial charge is 0.461 e. The number of aromatic amines is 1. The molecule has 0 aliphatic carbocycles. The standard InChI is InChI=1S/C14H16N2O2S/c1-3-18-13(17)12-9-15-14(19)16(12)10(2)11-7-5-4-6-8-11/h4-10H,3H2,1-2H3,(H,15,19)/t10-/m1/s1. The van der Waals surface area contributed by atoms with Gasteiger partial charge < -0.3 is 14.3 Å². The normalized spacial score (nSPS) is 12.1. The molecule has 4 nitrogen and oxygen atoms in total. The first kappa shape index (κ1) is 13.5. The van der Waals surface area contributed by atoms with Gasteiger partial charge in [-0.05, 0) is 31.6 Å². The zero-order valence-corrected chi connectivity index (χ0v) is 11.7. The van der Waals surface area contributed by atoms with E-state index in [1.165, 1.54) is 0 Å². The summed E-state index contributed by atoms with van der Waals surface area (Å²) in [5.74, 6) is -0.363. The smallest absolute Gasteiger partial charge is 0.356 e. The minimum atomic E-state index is -0.363. The van der Waals surface area contributed by atoms with Crippen molar-refractivity contribution in [3.05, 3.63) is 52.6 Å². The maximum atomic E-state index is 11.9. The molecule has 5 heteroatoms.